The molecule has 2 N–H and O–H groups in total. The summed E-state index contributed by atoms with van der Waals surface area (Å²) in [5.41, 5.74) is 6.30. The van der Waals surface area contributed by atoms with Crippen molar-refractivity contribution in [2.75, 3.05) is 13.2 Å². The molecule has 82 valence electrons. The molecule has 2 aliphatic heterocycles. The minimum Gasteiger partial charge on any atom is -0.382 e. The third-order valence-corrected chi connectivity index (χ3v) is 3.49. The Labute approximate surface area is 85.9 Å². The van der Waals surface area contributed by atoms with Gasteiger partial charge in [-0.05, 0) is 39.0 Å². The summed E-state index contributed by atoms with van der Waals surface area (Å²) in [7, 11) is 0. The molecule has 0 aromatic carbocycles. The van der Waals surface area contributed by atoms with Crippen molar-refractivity contribution in [1.82, 2.24) is 0 Å². The Kier molecular flexibility index (Phi) is 3.10. The lowest BCUT2D eigenvalue weighted by molar-refractivity contribution is 0.0787. The Morgan fingerprint density at radius 3 is 2.93 bits per heavy atom. The van der Waals surface area contributed by atoms with Gasteiger partial charge < -0.3 is 15.2 Å². The van der Waals surface area contributed by atoms with Crippen LogP contribution in [-0.2, 0) is 9.47 Å². The van der Waals surface area contributed by atoms with Crippen LogP contribution in [0.1, 0.15) is 39.0 Å². The fourth-order valence-corrected chi connectivity index (χ4v) is 2.74. The van der Waals surface area contributed by atoms with Gasteiger partial charge in [-0.25, -0.2) is 0 Å². The van der Waals surface area contributed by atoms with Crippen LogP contribution in [0.15, 0.2) is 0 Å². The maximum atomic E-state index is 6.35. The molecule has 0 saturated carbocycles. The molecule has 0 aliphatic carbocycles. The van der Waals surface area contributed by atoms with Gasteiger partial charge in [0.15, 0.2) is 0 Å². The summed E-state index contributed by atoms with van der Waals surface area (Å²) in [6, 6.07) is 0. The minimum absolute atomic E-state index is 0.0416. The number of ether oxygens (including phenoxy) is 2. The molecule has 2 saturated heterocycles. The van der Waals surface area contributed by atoms with Gasteiger partial charge in [-0.3, -0.25) is 0 Å². The van der Waals surface area contributed by atoms with E-state index in [1.807, 2.05) is 6.92 Å². The van der Waals surface area contributed by atoms with Crippen molar-refractivity contribution in [3.63, 3.8) is 0 Å². The minimum atomic E-state index is -0.0416. The van der Waals surface area contributed by atoms with Gasteiger partial charge in [0.25, 0.3) is 0 Å². The first-order chi connectivity index (χ1) is 6.74. The molecule has 2 aliphatic rings. The second kappa shape index (κ2) is 4.17. The van der Waals surface area contributed by atoms with Crippen molar-refractivity contribution >= 4 is 0 Å². The highest BCUT2D eigenvalue weighted by molar-refractivity contribution is 5.04. The van der Waals surface area contributed by atoms with E-state index in [9.17, 15) is 0 Å². The quantitative estimate of drug-likeness (QED) is 0.682. The van der Waals surface area contributed by atoms with Gasteiger partial charge in [0.05, 0.1) is 12.2 Å². The van der Waals surface area contributed by atoms with Gasteiger partial charge in [-0.15, -0.1) is 0 Å². The molecule has 0 radical (unpaired) electrons. The summed E-state index contributed by atoms with van der Waals surface area (Å²) in [5.74, 6) is 0. The van der Waals surface area contributed by atoms with Crippen molar-refractivity contribution in [3.8, 4) is 0 Å². The molecular weight excluding hydrogens is 178 g/mol. The van der Waals surface area contributed by atoms with E-state index in [-0.39, 0.29) is 5.54 Å². The van der Waals surface area contributed by atoms with Crippen LogP contribution in [0.25, 0.3) is 0 Å². The second-order valence-corrected chi connectivity index (χ2v) is 4.56. The average Bonchev–Trinajstić information content (AvgIpc) is 2.72. The molecule has 0 spiro atoms. The van der Waals surface area contributed by atoms with Crippen LogP contribution in [0.2, 0.25) is 0 Å². The van der Waals surface area contributed by atoms with Crippen LogP contribution >= 0.6 is 0 Å². The first-order valence-corrected chi connectivity index (χ1v) is 5.77. The number of hydrogen-bond donors (Lipinski definition) is 1. The summed E-state index contributed by atoms with van der Waals surface area (Å²) < 4.78 is 11.1. The van der Waals surface area contributed by atoms with Crippen LogP contribution in [-0.4, -0.2) is 31.0 Å². The third kappa shape index (κ3) is 1.95. The molecule has 2 bridgehead atoms. The normalized spacial score (nSPS) is 40.7. The average molecular weight is 199 g/mol. The van der Waals surface area contributed by atoms with Crippen molar-refractivity contribution in [2.24, 2.45) is 5.73 Å². The zero-order chi connectivity index (χ0) is 10.0. The predicted octanol–water partition coefficient (Wildman–Crippen LogP) is 1.45. The first-order valence-electron chi connectivity index (χ1n) is 5.77. The lowest BCUT2D eigenvalue weighted by Gasteiger charge is -2.31. The molecule has 2 heterocycles. The molecule has 0 aromatic rings. The number of nitrogens with two attached hydrogens (primary N) is 1. The van der Waals surface area contributed by atoms with Gasteiger partial charge in [0, 0.05) is 18.8 Å². The van der Waals surface area contributed by atoms with Crippen molar-refractivity contribution in [2.45, 2.75) is 56.8 Å². The Morgan fingerprint density at radius 1 is 1.50 bits per heavy atom. The van der Waals surface area contributed by atoms with Crippen molar-refractivity contribution in [3.05, 3.63) is 0 Å². The molecular formula is C11H21NO2. The van der Waals surface area contributed by atoms with E-state index in [1.165, 1.54) is 6.42 Å². The molecule has 3 nitrogen and oxygen atoms in total. The van der Waals surface area contributed by atoms with Gasteiger partial charge in [-0.2, -0.15) is 0 Å². The molecule has 14 heavy (non-hydrogen) atoms. The molecule has 2 rings (SSSR count). The third-order valence-electron chi connectivity index (χ3n) is 3.49. The zero-order valence-corrected chi connectivity index (χ0v) is 9.00. The van der Waals surface area contributed by atoms with E-state index in [4.69, 9.17) is 15.2 Å². The maximum absolute atomic E-state index is 6.35. The highest BCUT2D eigenvalue weighted by atomic mass is 16.5. The van der Waals surface area contributed by atoms with E-state index in [0.717, 1.165) is 38.9 Å². The van der Waals surface area contributed by atoms with Crippen LogP contribution < -0.4 is 5.73 Å². The van der Waals surface area contributed by atoms with Crippen LogP contribution in [0.4, 0.5) is 0 Å². The van der Waals surface area contributed by atoms with Crippen molar-refractivity contribution in [1.29, 1.82) is 0 Å². The Hall–Kier alpha value is -0.120. The summed E-state index contributed by atoms with van der Waals surface area (Å²) >= 11 is 0. The van der Waals surface area contributed by atoms with Crippen molar-refractivity contribution < 1.29 is 9.47 Å². The largest absolute Gasteiger partial charge is 0.382 e. The number of hydrogen-bond acceptors (Lipinski definition) is 3. The molecule has 2 fully saturated rings. The monoisotopic (exact) mass is 199 g/mol. The molecule has 3 atom stereocenters. The summed E-state index contributed by atoms with van der Waals surface area (Å²) in [5, 5.41) is 0. The van der Waals surface area contributed by atoms with Gasteiger partial charge >= 0.3 is 0 Å². The zero-order valence-electron chi connectivity index (χ0n) is 9.00. The van der Waals surface area contributed by atoms with E-state index in [2.05, 4.69) is 0 Å². The van der Waals surface area contributed by atoms with Gasteiger partial charge in [0.1, 0.15) is 0 Å². The SMILES string of the molecule is CCOCCCC1(N)CC2CCC1O2. The highest BCUT2D eigenvalue weighted by Gasteiger charge is 2.49. The molecule has 0 amide bonds. The summed E-state index contributed by atoms with van der Waals surface area (Å²) in [6.45, 7) is 3.67. The lowest BCUT2D eigenvalue weighted by atomic mass is 9.79. The second-order valence-electron chi connectivity index (χ2n) is 4.56. The van der Waals surface area contributed by atoms with E-state index in [1.54, 1.807) is 0 Å². The van der Waals surface area contributed by atoms with Crippen LogP contribution in [0, 0.1) is 0 Å². The predicted molar refractivity (Wildman–Crippen MR) is 55.2 cm³/mol. The van der Waals surface area contributed by atoms with Crippen LogP contribution in [0.3, 0.4) is 0 Å². The first kappa shape index (κ1) is 10.4. The molecule has 3 heteroatoms. The van der Waals surface area contributed by atoms with Gasteiger partial charge in [-0.1, -0.05) is 0 Å². The van der Waals surface area contributed by atoms with E-state index in [0.29, 0.717) is 12.2 Å². The van der Waals surface area contributed by atoms with Gasteiger partial charge in [0.2, 0.25) is 0 Å². The number of rotatable bonds is 5. The van der Waals surface area contributed by atoms with E-state index >= 15 is 0 Å². The Morgan fingerprint density at radius 2 is 2.36 bits per heavy atom. The maximum Gasteiger partial charge on any atom is 0.0760 e. The lowest BCUT2D eigenvalue weighted by Crippen LogP contribution is -2.48. The highest BCUT2D eigenvalue weighted by Crippen LogP contribution is 2.42. The fourth-order valence-electron chi connectivity index (χ4n) is 2.74. The Bertz CT molecular complexity index is 198. The standard InChI is InChI=1S/C11H21NO2/c1-2-13-7-3-6-11(12)8-9-4-5-10(11)14-9/h9-10H,2-8,12H2,1H3. The smallest absolute Gasteiger partial charge is 0.0760 e. The molecule has 0 aromatic heterocycles. The van der Waals surface area contributed by atoms with E-state index < -0.39 is 0 Å². The summed E-state index contributed by atoms with van der Waals surface area (Å²) in [6.07, 6.45) is 6.34. The van der Waals surface area contributed by atoms with Crippen LogP contribution in [0.5, 0.6) is 0 Å². The summed E-state index contributed by atoms with van der Waals surface area (Å²) in [4.78, 5) is 0. The Balaban J connectivity index is 1.74. The number of fused-ring (bicyclic) bond motifs is 2. The topological polar surface area (TPSA) is 44.5 Å². The molecule has 3 unspecified atom stereocenters. The fraction of sp³-hybridized carbons (Fsp3) is 1.00.